The van der Waals surface area contributed by atoms with Gasteiger partial charge in [-0.25, -0.2) is 62.3 Å². The zero-order valence-electron chi connectivity index (χ0n) is 67.4. The maximum Gasteiger partial charge on any atom is 0.373 e. The molecule has 4 saturated carbocycles. The first-order chi connectivity index (χ1) is 53.4. The van der Waals surface area contributed by atoms with Crippen LogP contribution in [0.5, 0.6) is 0 Å². The number of likely N-dealkylation sites (N-methyl/N-ethyl adjacent to an activating group) is 1. The molecule has 4 aliphatic carbocycles. The van der Waals surface area contributed by atoms with Gasteiger partial charge in [0, 0.05) is 72.8 Å². The second-order valence-corrected chi connectivity index (χ2v) is 36.3. The van der Waals surface area contributed by atoms with Crippen molar-refractivity contribution in [3.8, 4) is 0 Å². The number of carbonyl (C=O) groups excluding carboxylic acids is 4. The molecule has 4 unspecified atom stereocenters. The third-order valence-electron chi connectivity index (χ3n) is 29.1. The third kappa shape index (κ3) is 14.4. The van der Waals surface area contributed by atoms with E-state index in [9.17, 15) is 28.0 Å². The lowest BCUT2D eigenvalue weighted by molar-refractivity contribution is -0.571. The van der Waals surface area contributed by atoms with Gasteiger partial charge in [-0.1, -0.05) is 53.1 Å². The van der Waals surface area contributed by atoms with Crippen molar-refractivity contribution >= 4 is 35.4 Å². The predicted molar refractivity (Wildman–Crippen MR) is 394 cm³/mol. The molecule has 24 nitrogen and oxygen atoms in total. The van der Waals surface area contributed by atoms with Crippen molar-refractivity contribution in [2.24, 2.45) is 82.9 Å². The molecule has 18 fully saturated rings. The van der Waals surface area contributed by atoms with Crippen LogP contribution in [0.25, 0.3) is 0 Å². The Labute approximate surface area is 660 Å². The lowest BCUT2D eigenvalue weighted by Gasteiger charge is -2.60. The number of carbonyl (C=O) groups is 4. The van der Waals surface area contributed by atoms with E-state index < -0.39 is 94.4 Å². The van der Waals surface area contributed by atoms with Crippen molar-refractivity contribution in [3.05, 3.63) is 92.9 Å². The molecule has 2 aromatic rings. The van der Waals surface area contributed by atoms with Gasteiger partial charge in [-0.15, -0.1) is 0 Å². The molecule has 8 bridgehead atoms. The summed E-state index contributed by atoms with van der Waals surface area (Å²) in [6, 6.07) is 9.24. The maximum absolute atomic E-state index is 13.9. The van der Waals surface area contributed by atoms with Crippen molar-refractivity contribution < 1.29 is 119 Å². The molecule has 14 saturated heterocycles. The second kappa shape index (κ2) is 31.7. The van der Waals surface area contributed by atoms with Crippen LogP contribution in [-0.2, 0) is 101 Å². The zero-order chi connectivity index (χ0) is 79.4. The zero-order valence-corrected chi connectivity index (χ0v) is 68.1. The molecule has 112 heavy (non-hydrogen) atoms. The van der Waals surface area contributed by atoms with Crippen LogP contribution in [-0.4, -0.2) is 134 Å². The van der Waals surface area contributed by atoms with Gasteiger partial charge in [-0.05, 0) is 252 Å². The Hall–Kier alpha value is -5.01. The van der Waals surface area contributed by atoms with Crippen LogP contribution < -0.4 is 5.32 Å². The molecule has 2 aromatic carbocycles. The number of hydrogen-bond donors (Lipinski definition) is 1. The Balaban J connectivity index is 0.000000119. The fourth-order valence-electron chi connectivity index (χ4n) is 22.9. The van der Waals surface area contributed by atoms with E-state index in [0.29, 0.717) is 96.1 Å². The molecule has 22 rings (SSSR count). The summed E-state index contributed by atoms with van der Waals surface area (Å²) in [6.07, 6.45) is 16.2. The van der Waals surface area contributed by atoms with Crippen molar-refractivity contribution in [1.29, 1.82) is 0 Å². The van der Waals surface area contributed by atoms with E-state index in [1.807, 2.05) is 48.5 Å². The highest BCUT2D eigenvalue weighted by molar-refractivity contribution is 6.30. The molecule has 1 N–H and O–H groups in total. The molecule has 0 radical (unpaired) electrons. The molecule has 1 amide bonds. The molecule has 20 aliphatic rings. The van der Waals surface area contributed by atoms with Crippen molar-refractivity contribution in [2.75, 3.05) is 26.9 Å². The lowest BCUT2D eigenvalue weighted by Crippen LogP contribution is -2.70. The Bertz CT molecular complexity index is 3890. The minimum atomic E-state index is -0.829. The normalized spacial score (nSPS) is 44.5. The number of rotatable bonds is 13. The van der Waals surface area contributed by atoms with E-state index >= 15 is 0 Å². The monoisotopic (exact) mass is 1590 g/mol. The van der Waals surface area contributed by atoms with Gasteiger partial charge in [0.15, 0.2) is 40.7 Å². The van der Waals surface area contributed by atoms with Crippen LogP contribution in [0.3, 0.4) is 0 Å². The maximum atomic E-state index is 13.9. The van der Waals surface area contributed by atoms with E-state index in [-0.39, 0.29) is 77.4 Å². The van der Waals surface area contributed by atoms with Crippen LogP contribution in [0.15, 0.2) is 65.1 Å². The summed E-state index contributed by atoms with van der Waals surface area (Å²) in [5.74, 6) is -0.763. The van der Waals surface area contributed by atoms with Crippen molar-refractivity contribution in [1.82, 2.24) is 5.32 Å². The largest absolute Gasteiger partial charge is 0.463 e. The highest BCUT2D eigenvalue weighted by Crippen LogP contribution is 2.66. The number of esters is 3. The molecule has 16 aliphatic heterocycles. The molecule has 4 spiro atoms. The van der Waals surface area contributed by atoms with E-state index in [2.05, 4.69) is 46.9 Å². The molecular formula is C85H116ClF2NO23. The van der Waals surface area contributed by atoms with Crippen LogP contribution in [0.2, 0.25) is 5.02 Å². The van der Waals surface area contributed by atoms with Crippen LogP contribution in [0, 0.1) is 94.5 Å². The average Bonchev–Trinajstić information content (AvgIpc) is 1.56. The van der Waals surface area contributed by atoms with E-state index in [4.69, 9.17) is 103 Å². The van der Waals surface area contributed by atoms with Gasteiger partial charge in [-0.3, -0.25) is 4.79 Å². The smallest absolute Gasteiger partial charge is 0.373 e. The molecule has 28 atom stereocenters. The third-order valence-corrected chi connectivity index (χ3v) is 29.3. The van der Waals surface area contributed by atoms with Gasteiger partial charge in [0.05, 0.1) is 43.7 Å². The summed E-state index contributed by atoms with van der Waals surface area (Å²) >= 11 is 5.87. The lowest BCUT2D eigenvalue weighted by atomic mass is 9.57. The summed E-state index contributed by atoms with van der Waals surface area (Å²) < 4.78 is 92.8. The predicted octanol–water partition coefficient (Wildman–Crippen LogP) is 16.0. The van der Waals surface area contributed by atoms with Gasteiger partial charge in [0.25, 0.3) is 5.91 Å². The first-order valence-corrected chi connectivity index (χ1v) is 41.9. The minimum Gasteiger partial charge on any atom is -0.463 e. The van der Waals surface area contributed by atoms with Crippen LogP contribution in [0.4, 0.5) is 8.78 Å². The summed E-state index contributed by atoms with van der Waals surface area (Å²) in [5.41, 5.74) is -0.398. The van der Waals surface area contributed by atoms with Crippen molar-refractivity contribution in [2.45, 2.75) is 301 Å². The quantitative estimate of drug-likeness (QED) is 0.0846. The Kier molecular flexibility index (Phi) is 23.2. The summed E-state index contributed by atoms with van der Waals surface area (Å²) in [5, 5.41) is 3.13. The molecule has 0 aromatic heterocycles. The first kappa shape index (κ1) is 82.1. The standard InChI is InChI=1S/C25H32ClFO6.C25H33FO6.C18H27NO5.C17H24O6/c1-14-6-8-19-15(2)21(5-4-12-29-22(28)17-13-16(26)7-9-20(17)27)30-23-25(19)18(14)10-11-24(3,31-23)32-33-25;1-15-6-11-20-16(2)21(5-4-14-28-22(27)17-7-9-18(26)10-8-17)29-23-25(20)19(15)12-13-24(3,30-23)31-32-25;1-5-19-15(20)14-11(3)13-7-6-10(2)12-8-9-17(4)22-16(21-14)18(12,13)24-23-17;1-9-5-6-12-10(2)13(14(18)19-4)20-15-17(12)11(9)7-8-16(3,21-15)22-23-17/h7,9,13-15,18-19,21,23H,4-6,8,10-12H2,1-3H3;7-10,15-16,19-21,23H,4-6,11-14H2,1-3H3;10,12-13,16H,5-9H2,1-4H3,(H,19,20);9,11-12,15H,5-8H2,1-4H3/t14-,15-,18+,19+,21-,23?,24-,25-;15-,16-,19+,20+,21-,23?,24-,25-;10-,12+,13+,16?,17-,18-;9-,11+,12+,15?,16-,17-/m1111/s1. The number of hydrogen-bond acceptors (Lipinski definition) is 23. The topological polar surface area (TPSA) is 256 Å². The number of benzene rings is 2. The number of ether oxygens (including phenoxy) is 11. The Morgan fingerprint density at radius 2 is 0.884 bits per heavy atom. The minimum absolute atomic E-state index is 0.000698. The second-order valence-electron chi connectivity index (χ2n) is 35.9. The van der Waals surface area contributed by atoms with E-state index in [0.717, 1.165) is 120 Å². The molecule has 27 heteroatoms. The van der Waals surface area contributed by atoms with Crippen LogP contribution in [0.1, 0.15) is 239 Å². The summed E-state index contributed by atoms with van der Waals surface area (Å²) in [4.78, 5) is 96.5. The molecule has 620 valence electrons. The number of amides is 1. The number of halogens is 3. The number of methoxy groups -OCH3 is 1. The van der Waals surface area contributed by atoms with Crippen molar-refractivity contribution in [3.63, 3.8) is 0 Å². The molecular weight excluding hydrogens is 1480 g/mol. The Morgan fingerprint density at radius 1 is 0.482 bits per heavy atom. The van der Waals surface area contributed by atoms with Gasteiger partial charge in [-0.2, -0.15) is 0 Å². The van der Waals surface area contributed by atoms with Gasteiger partial charge in [0.2, 0.25) is 41.5 Å². The van der Waals surface area contributed by atoms with Crippen LogP contribution >= 0.6 is 11.6 Å². The van der Waals surface area contributed by atoms with Gasteiger partial charge >= 0.3 is 17.9 Å². The number of fused-ring (bicyclic) bond motifs is 8. The fourth-order valence-corrected chi connectivity index (χ4v) is 23.1. The average molecular weight is 1590 g/mol. The highest BCUT2D eigenvalue weighted by Gasteiger charge is 2.74. The first-order valence-electron chi connectivity index (χ1n) is 41.5. The molecule has 16 heterocycles. The SMILES string of the molecule is CCNC(=O)C1=C(C)[C@@H]2CC[C@@H](C)[C@@H]3CC[C@@]4(C)OO[C@@]23C(O1)O4.COC(=O)C1=C(C)[C@@H]2CC[C@@H](C)[C@@H]3CC[C@@]4(C)OO[C@@]23C(O1)O4.C[C@H]1[C@@H](CCCOC(=O)c2cc(Cl)ccc2F)OC2O[C@@]3(C)CC[C@H]4[C@H](C)CC[C@@H]1[C@@]24OO3.C[C@H]1[C@@H](CCCOC(=O)c2ccc(F)cc2)OC2O[C@@]3(C)CC[C@H]4[C@H](C)CC[C@@H]1[C@@]24OO3. The number of nitrogens with one attached hydrogen (secondary N) is 1. The van der Waals surface area contributed by atoms with Gasteiger partial charge < -0.3 is 57.4 Å². The fraction of sp³-hybridized carbons (Fsp3) is 0.765. The van der Waals surface area contributed by atoms with E-state index in [1.165, 1.54) is 49.9 Å². The van der Waals surface area contributed by atoms with E-state index in [1.54, 1.807) is 0 Å². The summed E-state index contributed by atoms with van der Waals surface area (Å²) in [7, 11) is 1.36. The highest BCUT2D eigenvalue weighted by atomic mass is 35.5. The summed E-state index contributed by atoms with van der Waals surface area (Å²) in [6.45, 7) is 28.0. The Morgan fingerprint density at radius 3 is 1.33 bits per heavy atom. The van der Waals surface area contributed by atoms with Gasteiger partial charge in [0.1, 0.15) is 11.6 Å².